The average molecular weight is 414 g/mol. The fraction of sp³-hybridized carbons (Fsp3) is 0.130. The number of rotatable bonds is 5. The lowest BCUT2D eigenvalue weighted by Gasteiger charge is -2.12. The third kappa shape index (κ3) is 3.44. The van der Waals surface area contributed by atoms with Gasteiger partial charge in [-0.2, -0.15) is 0 Å². The third-order valence-corrected chi connectivity index (χ3v) is 6.00. The zero-order valence-corrected chi connectivity index (χ0v) is 17.4. The Kier molecular flexibility index (Phi) is 4.72. The number of nitrogens with zero attached hydrogens (tertiary/aromatic N) is 4. The predicted octanol–water partition coefficient (Wildman–Crippen LogP) is 5.62. The maximum atomic E-state index is 5.39. The van der Waals surface area contributed by atoms with E-state index < -0.39 is 0 Å². The van der Waals surface area contributed by atoms with Gasteiger partial charge in [0.15, 0.2) is 5.82 Å². The van der Waals surface area contributed by atoms with Crippen LogP contribution in [-0.4, -0.2) is 27.0 Å². The van der Waals surface area contributed by atoms with Gasteiger partial charge < -0.3 is 10.1 Å². The highest BCUT2D eigenvalue weighted by Gasteiger charge is 2.12. The molecule has 0 fully saturated rings. The Bertz CT molecular complexity index is 1350. The largest absolute Gasteiger partial charge is 0.497 e. The van der Waals surface area contributed by atoms with E-state index in [9.17, 15) is 0 Å². The van der Waals surface area contributed by atoms with Crippen LogP contribution in [0.15, 0.2) is 60.9 Å². The van der Waals surface area contributed by atoms with Crippen molar-refractivity contribution in [3.63, 3.8) is 0 Å². The highest BCUT2D eigenvalue weighted by molar-refractivity contribution is 7.18. The third-order valence-electron chi connectivity index (χ3n) is 4.84. The van der Waals surface area contributed by atoms with Gasteiger partial charge in [0, 0.05) is 35.1 Å². The molecule has 0 atom stereocenters. The van der Waals surface area contributed by atoms with Crippen molar-refractivity contribution in [2.45, 2.75) is 13.3 Å². The van der Waals surface area contributed by atoms with Crippen LogP contribution < -0.4 is 10.1 Å². The lowest BCUT2D eigenvalue weighted by Crippen LogP contribution is -2.00. The summed E-state index contributed by atoms with van der Waals surface area (Å²) < 4.78 is 6.55. The Hall–Kier alpha value is -3.58. The summed E-state index contributed by atoms with van der Waals surface area (Å²) >= 11 is 1.72. The first kappa shape index (κ1) is 18.4. The minimum absolute atomic E-state index is 0.632. The highest BCUT2D eigenvalue weighted by Crippen LogP contribution is 2.31. The maximum absolute atomic E-state index is 5.39. The van der Waals surface area contributed by atoms with Crippen molar-refractivity contribution in [3.8, 4) is 17.1 Å². The van der Waals surface area contributed by atoms with Crippen LogP contribution in [0.5, 0.6) is 5.75 Å². The van der Waals surface area contributed by atoms with E-state index in [0.29, 0.717) is 5.82 Å². The molecule has 2 aromatic carbocycles. The second-order valence-electron chi connectivity index (χ2n) is 6.78. The minimum atomic E-state index is 0.632. The summed E-state index contributed by atoms with van der Waals surface area (Å²) in [4.78, 5) is 18.3. The van der Waals surface area contributed by atoms with Gasteiger partial charge in [0.2, 0.25) is 0 Å². The van der Waals surface area contributed by atoms with Crippen LogP contribution in [0.1, 0.15) is 11.9 Å². The van der Waals surface area contributed by atoms with Gasteiger partial charge in [-0.3, -0.25) is 4.98 Å². The molecule has 0 amide bonds. The van der Waals surface area contributed by atoms with Crippen molar-refractivity contribution in [1.29, 1.82) is 0 Å². The molecule has 3 aromatic heterocycles. The van der Waals surface area contributed by atoms with Crippen LogP contribution in [0, 0.1) is 0 Å². The molecule has 7 heteroatoms. The van der Waals surface area contributed by atoms with Crippen LogP contribution in [0.3, 0.4) is 0 Å². The number of anilines is 2. The quantitative estimate of drug-likeness (QED) is 0.403. The Balaban J connectivity index is 1.63. The lowest BCUT2D eigenvalue weighted by molar-refractivity contribution is 0.415. The van der Waals surface area contributed by atoms with Gasteiger partial charge in [0.25, 0.3) is 0 Å². The highest BCUT2D eigenvalue weighted by atomic mass is 32.1. The molecule has 6 nitrogen and oxygen atoms in total. The summed E-state index contributed by atoms with van der Waals surface area (Å²) in [6.45, 7) is 2.12. The van der Waals surface area contributed by atoms with Crippen molar-refractivity contribution in [2.24, 2.45) is 0 Å². The lowest BCUT2D eigenvalue weighted by atomic mass is 10.2. The number of benzene rings is 2. The normalized spacial score (nSPS) is 11.1. The molecule has 0 radical (unpaired) electrons. The summed E-state index contributed by atoms with van der Waals surface area (Å²) in [5.41, 5.74) is 3.71. The molecule has 0 saturated carbocycles. The number of methoxy groups -OCH3 is 1. The number of fused-ring (bicyclic) bond motifs is 2. The Morgan fingerprint density at radius 3 is 2.60 bits per heavy atom. The van der Waals surface area contributed by atoms with E-state index in [1.165, 1.54) is 0 Å². The zero-order chi connectivity index (χ0) is 20.5. The van der Waals surface area contributed by atoms with E-state index >= 15 is 0 Å². The predicted molar refractivity (Wildman–Crippen MR) is 122 cm³/mol. The van der Waals surface area contributed by atoms with Crippen molar-refractivity contribution in [1.82, 2.24) is 19.9 Å². The van der Waals surface area contributed by atoms with Gasteiger partial charge in [-0.05, 0) is 48.9 Å². The van der Waals surface area contributed by atoms with E-state index in [1.807, 2.05) is 42.5 Å². The number of hydrogen-bond acceptors (Lipinski definition) is 7. The molecule has 0 aliphatic rings. The molecular formula is C23H19N5OS. The Morgan fingerprint density at radius 2 is 1.80 bits per heavy atom. The van der Waals surface area contributed by atoms with E-state index in [2.05, 4.69) is 28.3 Å². The van der Waals surface area contributed by atoms with Crippen LogP contribution in [-0.2, 0) is 6.42 Å². The topological polar surface area (TPSA) is 72.8 Å². The van der Waals surface area contributed by atoms with Gasteiger partial charge in [0.05, 0.1) is 27.9 Å². The second-order valence-corrected chi connectivity index (χ2v) is 7.90. The van der Waals surface area contributed by atoms with E-state index in [4.69, 9.17) is 14.7 Å². The van der Waals surface area contributed by atoms with Crippen molar-refractivity contribution in [2.75, 3.05) is 12.4 Å². The van der Waals surface area contributed by atoms with Crippen molar-refractivity contribution < 1.29 is 4.74 Å². The molecule has 0 unspecified atom stereocenters. The van der Waals surface area contributed by atoms with Gasteiger partial charge in [0.1, 0.15) is 11.6 Å². The van der Waals surface area contributed by atoms with E-state index in [-0.39, 0.29) is 0 Å². The maximum Gasteiger partial charge on any atom is 0.162 e. The molecule has 30 heavy (non-hydrogen) atoms. The Morgan fingerprint density at radius 1 is 0.933 bits per heavy atom. The van der Waals surface area contributed by atoms with Crippen LogP contribution in [0.25, 0.3) is 32.5 Å². The molecular weight excluding hydrogens is 394 g/mol. The van der Waals surface area contributed by atoms with Crippen LogP contribution in [0.2, 0.25) is 0 Å². The molecule has 148 valence electrons. The summed E-state index contributed by atoms with van der Waals surface area (Å²) in [5, 5.41) is 5.55. The fourth-order valence-corrected chi connectivity index (χ4v) is 4.25. The monoisotopic (exact) mass is 413 g/mol. The number of hydrogen-bond donors (Lipinski definition) is 1. The molecule has 0 saturated heterocycles. The minimum Gasteiger partial charge on any atom is -0.497 e. The SMILES string of the molecule is CCc1nc2ccc(Nc3nc(-c4ccncc4)nc4cc(OC)ccc34)cc2s1. The van der Waals surface area contributed by atoms with E-state index in [0.717, 1.165) is 55.4 Å². The second kappa shape index (κ2) is 7.68. The smallest absolute Gasteiger partial charge is 0.162 e. The molecule has 1 N–H and O–H groups in total. The number of ether oxygens (including phenoxy) is 1. The van der Waals surface area contributed by atoms with Crippen LogP contribution in [0.4, 0.5) is 11.5 Å². The first-order valence-corrected chi connectivity index (χ1v) is 10.5. The van der Waals surface area contributed by atoms with Gasteiger partial charge in [-0.15, -0.1) is 11.3 Å². The number of aryl methyl sites for hydroxylation is 1. The summed E-state index contributed by atoms with van der Waals surface area (Å²) in [6.07, 6.45) is 4.42. The summed E-state index contributed by atoms with van der Waals surface area (Å²) in [7, 11) is 1.65. The number of aromatic nitrogens is 4. The molecule has 5 aromatic rings. The Labute approximate surface area is 177 Å². The van der Waals surface area contributed by atoms with E-state index in [1.54, 1.807) is 30.8 Å². The fourth-order valence-electron chi connectivity index (χ4n) is 3.30. The number of nitrogens with one attached hydrogen (secondary N) is 1. The van der Waals surface area contributed by atoms with Gasteiger partial charge in [-0.1, -0.05) is 6.92 Å². The van der Waals surface area contributed by atoms with Crippen molar-refractivity contribution in [3.05, 3.63) is 65.9 Å². The molecule has 0 aliphatic carbocycles. The first-order valence-electron chi connectivity index (χ1n) is 9.66. The molecule has 0 aliphatic heterocycles. The number of pyridine rings is 1. The van der Waals surface area contributed by atoms with Crippen molar-refractivity contribution >= 4 is 44.0 Å². The van der Waals surface area contributed by atoms with Gasteiger partial charge >= 0.3 is 0 Å². The number of thiazole rings is 1. The van der Waals surface area contributed by atoms with Gasteiger partial charge in [-0.25, -0.2) is 15.0 Å². The summed E-state index contributed by atoms with van der Waals surface area (Å²) in [5.74, 6) is 2.13. The zero-order valence-electron chi connectivity index (χ0n) is 16.6. The standard InChI is InChI=1S/C23H19N5OS/c1-3-21-26-18-7-4-15(12-20(18)30-21)25-23-17-6-5-16(29-2)13-19(17)27-22(28-23)14-8-10-24-11-9-14/h4-13H,3H2,1-2H3,(H,25,27,28). The molecule has 0 bridgehead atoms. The first-order chi connectivity index (χ1) is 14.7. The average Bonchev–Trinajstić information content (AvgIpc) is 3.21. The van der Waals surface area contributed by atoms with Crippen LogP contribution >= 0.6 is 11.3 Å². The molecule has 3 heterocycles. The molecule has 0 spiro atoms. The summed E-state index contributed by atoms with van der Waals surface area (Å²) in [6, 6.07) is 15.8. The molecule has 5 rings (SSSR count).